The molecule has 3 fully saturated rings. The molecule has 0 heteroatoms. The molecule has 0 radical (unpaired) electrons. The molecule has 0 aromatic heterocycles. The van der Waals surface area contributed by atoms with Crippen LogP contribution in [0.25, 0.3) is 0 Å². The maximum Gasteiger partial charge on any atom is -0.0352 e. The molecular weight excluding hydrogens is 96.1 g/mol. The van der Waals surface area contributed by atoms with Crippen LogP contribution in [0.4, 0.5) is 0 Å². The van der Waals surface area contributed by atoms with E-state index >= 15 is 0 Å². The summed E-state index contributed by atoms with van der Waals surface area (Å²) < 4.78 is 0. The second-order valence-electron chi connectivity index (χ2n) is 3.90. The van der Waals surface area contributed by atoms with Crippen molar-refractivity contribution >= 4 is 0 Å². The summed E-state index contributed by atoms with van der Waals surface area (Å²) in [6.45, 7) is 0. The van der Waals surface area contributed by atoms with Crippen LogP contribution < -0.4 is 0 Å². The standard InChI is InChI=1S/C8H12/c1-2-7-5(1)3-6-4-8(6)7/h5-8H,1-4H2/t5-,6+,7?,8?/m1/s1. The minimum Gasteiger partial charge on any atom is -0.0499 e. The molecule has 0 amide bonds. The van der Waals surface area contributed by atoms with E-state index in [1.165, 1.54) is 23.7 Å². The monoisotopic (exact) mass is 108 g/mol. The lowest BCUT2D eigenvalue weighted by Crippen LogP contribution is -2.22. The third-order valence-electron chi connectivity index (χ3n) is 3.61. The molecule has 3 rings (SSSR count). The van der Waals surface area contributed by atoms with E-state index < -0.39 is 0 Å². The Labute approximate surface area is 50.3 Å². The molecular formula is C8H12. The van der Waals surface area contributed by atoms with Gasteiger partial charge in [-0.25, -0.2) is 0 Å². The molecule has 8 heavy (non-hydrogen) atoms. The predicted octanol–water partition coefficient (Wildman–Crippen LogP) is 2.05. The van der Waals surface area contributed by atoms with Gasteiger partial charge in [0.1, 0.15) is 0 Å². The van der Waals surface area contributed by atoms with Crippen molar-refractivity contribution in [3.05, 3.63) is 0 Å². The Hall–Kier alpha value is 0. The van der Waals surface area contributed by atoms with Crippen molar-refractivity contribution in [3.8, 4) is 0 Å². The van der Waals surface area contributed by atoms with Crippen molar-refractivity contribution in [1.82, 2.24) is 0 Å². The lowest BCUT2D eigenvalue weighted by Gasteiger charge is -2.32. The summed E-state index contributed by atoms with van der Waals surface area (Å²) in [7, 11) is 0. The van der Waals surface area contributed by atoms with Gasteiger partial charge in [0, 0.05) is 0 Å². The van der Waals surface area contributed by atoms with Crippen molar-refractivity contribution in [1.29, 1.82) is 0 Å². The first-order valence-corrected chi connectivity index (χ1v) is 3.95. The van der Waals surface area contributed by atoms with Crippen LogP contribution in [0.3, 0.4) is 0 Å². The van der Waals surface area contributed by atoms with E-state index in [4.69, 9.17) is 0 Å². The van der Waals surface area contributed by atoms with E-state index in [9.17, 15) is 0 Å². The third kappa shape index (κ3) is 0.284. The Morgan fingerprint density at radius 3 is 2.12 bits per heavy atom. The lowest BCUT2D eigenvalue weighted by atomic mass is 9.73. The molecule has 3 aliphatic rings. The highest BCUT2D eigenvalue weighted by Crippen LogP contribution is 2.65. The van der Waals surface area contributed by atoms with Crippen molar-refractivity contribution in [2.24, 2.45) is 23.7 Å². The van der Waals surface area contributed by atoms with Crippen LogP contribution in [0.1, 0.15) is 25.7 Å². The minimum absolute atomic E-state index is 1.22. The normalized spacial score (nSPS) is 66.0. The summed E-state index contributed by atoms with van der Waals surface area (Å²) >= 11 is 0. The first-order valence-electron chi connectivity index (χ1n) is 3.95. The van der Waals surface area contributed by atoms with Gasteiger partial charge >= 0.3 is 0 Å². The van der Waals surface area contributed by atoms with Gasteiger partial charge in [0.25, 0.3) is 0 Å². The van der Waals surface area contributed by atoms with E-state index in [0.717, 1.165) is 0 Å². The van der Waals surface area contributed by atoms with Crippen LogP contribution in [0.2, 0.25) is 0 Å². The molecule has 3 aliphatic carbocycles. The zero-order valence-corrected chi connectivity index (χ0v) is 5.14. The first kappa shape index (κ1) is 3.92. The lowest BCUT2D eigenvalue weighted by molar-refractivity contribution is 0.182. The molecule has 0 aliphatic heterocycles. The molecule has 0 aromatic carbocycles. The van der Waals surface area contributed by atoms with Crippen LogP contribution in [-0.2, 0) is 0 Å². The van der Waals surface area contributed by atoms with Gasteiger partial charge in [-0.05, 0) is 49.4 Å². The SMILES string of the molecule is C1C[C@@H]2C[C@H]3CC3C12. The fourth-order valence-corrected chi connectivity index (χ4v) is 2.91. The van der Waals surface area contributed by atoms with Gasteiger partial charge in [0.2, 0.25) is 0 Å². The van der Waals surface area contributed by atoms with Crippen LogP contribution in [-0.4, -0.2) is 0 Å². The predicted molar refractivity (Wildman–Crippen MR) is 32.4 cm³/mol. The average molecular weight is 108 g/mol. The Balaban J connectivity index is 1.92. The largest absolute Gasteiger partial charge is 0.0499 e. The maximum atomic E-state index is 1.62. The second kappa shape index (κ2) is 0.984. The first-order chi connectivity index (χ1) is 3.95. The van der Waals surface area contributed by atoms with E-state index in [1.54, 1.807) is 25.7 Å². The fraction of sp³-hybridized carbons (Fsp3) is 1.00. The van der Waals surface area contributed by atoms with Gasteiger partial charge in [-0.15, -0.1) is 0 Å². The van der Waals surface area contributed by atoms with Crippen molar-refractivity contribution in [3.63, 3.8) is 0 Å². The molecule has 0 N–H and O–H groups in total. The van der Waals surface area contributed by atoms with Gasteiger partial charge < -0.3 is 0 Å². The Morgan fingerprint density at radius 1 is 0.750 bits per heavy atom. The highest BCUT2D eigenvalue weighted by atomic mass is 14.6. The minimum atomic E-state index is 1.22. The summed E-state index contributed by atoms with van der Waals surface area (Å²) in [6.07, 6.45) is 6.40. The summed E-state index contributed by atoms with van der Waals surface area (Å²) in [4.78, 5) is 0. The Kier molecular flexibility index (Phi) is 0.482. The van der Waals surface area contributed by atoms with Crippen molar-refractivity contribution in [2.75, 3.05) is 0 Å². The van der Waals surface area contributed by atoms with Crippen LogP contribution in [0, 0.1) is 23.7 Å². The van der Waals surface area contributed by atoms with Crippen molar-refractivity contribution < 1.29 is 0 Å². The van der Waals surface area contributed by atoms with E-state index in [1.807, 2.05) is 0 Å². The molecule has 0 spiro atoms. The fourth-order valence-electron chi connectivity index (χ4n) is 2.91. The quantitative estimate of drug-likeness (QED) is 0.445. The molecule has 0 bridgehead atoms. The molecule has 3 saturated carbocycles. The van der Waals surface area contributed by atoms with E-state index in [-0.39, 0.29) is 0 Å². The van der Waals surface area contributed by atoms with Gasteiger partial charge in [-0.3, -0.25) is 0 Å². The smallest absolute Gasteiger partial charge is 0.0352 e. The topological polar surface area (TPSA) is 0 Å². The molecule has 2 unspecified atom stereocenters. The Morgan fingerprint density at radius 2 is 1.75 bits per heavy atom. The van der Waals surface area contributed by atoms with Gasteiger partial charge in [0.15, 0.2) is 0 Å². The van der Waals surface area contributed by atoms with Gasteiger partial charge in [-0.1, -0.05) is 0 Å². The summed E-state index contributed by atoms with van der Waals surface area (Å²) in [5, 5.41) is 0. The zero-order chi connectivity index (χ0) is 5.14. The highest BCUT2D eigenvalue weighted by Gasteiger charge is 2.56. The van der Waals surface area contributed by atoms with Crippen molar-refractivity contribution in [2.45, 2.75) is 25.7 Å². The van der Waals surface area contributed by atoms with E-state index in [2.05, 4.69) is 0 Å². The summed E-state index contributed by atoms with van der Waals surface area (Å²) in [6, 6.07) is 0. The molecule has 4 atom stereocenters. The zero-order valence-electron chi connectivity index (χ0n) is 5.14. The number of hydrogen-bond donors (Lipinski definition) is 0. The number of rotatable bonds is 0. The maximum absolute atomic E-state index is 1.62. The van der Waals surface area contributed by atoms with E-state index in [0.29, 0.717) is 0 Å². The van der Waals surface area contributed by atoms with Gasteiger partial charge in [-0.2, -0.15) is 0 Å². The average Bonchev–Trinajstić information content (AvgIpc) is 2.34. The molecule has 0 saturated heterocycles. The second-order valence-corrected chi connectivity index (χ2v) is 3.90. The Bertz CT molecular complexity index is 124. The molecule has 0 aromatic rings. The van der Waals surface area contributed by atoms with Gasteiger partial charge in [0.05, 0.1) is 0 Å². The number of fused-ring (bicyclic) bond motifs is 3. The van der Waals surface area contributed by atoms with Crippen LogP contribution in [0.15, 0.2) is 0 Å². The molecule has 0 nitrogen and oxygen atoms in total. The summed E-state index contributed by atoms with van der Waals surface area (Å²) in [5.74, 6) is 4.93. The number of hydrogen-bond acceptors (Lipinski definition) is 0. The molecule has 44 valence electrons. The van der Waals surface area contributed by atoms with Crippen LogP contribution in [0.5, 0.6) is 0 Å². The molecule has 0 heterocycles. The highest BCUT2D eigenvalue weighted by molar-refractivity contribution is 5.05. The van der Waals surface area contributed by atoms with Crippen LogP contribution >= 0.6 is 0 Å². The summed E-state index contributed by atoms with van der Waals surface area (Å²) in [5.41, 5.74) is 0. The third-order valence-corrected chi connectivity index (χ3v) is 3.61.